The average molecular weight is 271 g/mol. The highest BCUT2D eigenvalue weighted by Gasteiger charge is 2.33. The molecule has 1 aliphatic carbocycles. The van der Waals surface area contributed by atoms with Crippen molar-refractivity contribution in [1.29, 1.82) is 0 Å². The quantitative estimate of drug-likeness (QED) is 0.852. The fourth-order valence-corrected chi connectivity index (χ4v) is 2.44. The van der Waals surface area contributed by atoms with Crippen molar-refractivity contribution in [2.24, 2.45) is 0 Å². The zero-order valence-electron chi connectivity index (χ0n) is 11.7. The van der Waals surface area contributed by atoms with Crippen LogP contribution in [0.1, 0.15) is 35.7 Å². The Morgan fingerprint density at radius 2 is 2.20 bits per heavy atom. The minimum absolute atomic E-state index is 0.154. The summed E-state index contributed by atoms with van der Waals surface area (Å²) in [7, 11) is 0. The molecule has 20 heavy (non-hydrogen) atoms. The lowest BCUT2D eigenvalue weighted by Gasteiger charge is -2.19. The van der Waals surface area contributed by atoms with E-state index in [9.17, 15) is 9.59 Å². The molecular formula is C15H17N3O2. The number of carbonyl (C=O) groups is 1. The molecule has 0 saturated heterocycles. The van der Waals surface area contributed by atoms with Crippen molar-refractivity contribution in [3.8, 4) is 0 Å². The van der Waals surface area contributed by atoms with Crippen LogP contribution in [0.5, 0.6) is 0 Å². The van der Waals surface area contributed by atoms with Crippen molar-refractivity contribution < 1.29 is 4.79 Å². The molecule has 3 rings (SSSR count). The van der Waals surface area contributed by atoms with Crippen molar-refractivity contribution in [3.63, 3.8) is 0 Å². The van der Waals surface area contributed by atoms with E-state index < -0.39 is 0 Å². The van der Waals surface area contributed by atoms with Gasteiger partial charge in [0.25, 0.3) is 11.5 Å². The Hall–Kier alpha value is -2.17. The van der Waals surface area contributed by atoms with Crippen LogP contribution in [0.4, 0.5) is 0 Å². The Morgan fingerprint density at radius 1 is 1.45 bits per heavy atom. The highest BCUT2D eigenvalue weighted by atomic mass is 16.2. The first-order valence-electron chi connectivity index (χ1n) is 6.91. The first-order valence-corrected chi connectivity index (χ1v) is 6.91. The van der Waals surface area contributed by atoms with Crippen LogP contribution in [0, 0.1) is 6.92 Å². The summed E-state index contributed by atoms with van der Waals surface area (Å²) in [6.45, 7) is 4.47. The molecule has 1 fully saturated rings. The second kappa shape index (κ2) is 4.74. The van der Waals surface area contributed by atoms with E-state index in [0.717, 1.165) is 18.4 Å². The van der Waals surface area contributed by atoms with Crippen molar-refractivity contribution in [3.05, 3.63) is 46.0 Å². The number of hydrogen-bond donors (Lipinski definition) is 0. The maximum Gasteiger partial charge on any atom is 0.270 e. The summed E-state index contributed by atoms with van der Waals surface area (Å²) < 4.78 is 1.45. The van der Waals surface area contributed by atoms with E-state index in [-0.39, 0.29) is 17.0 Å². The van der Waals surface area contributed by atoms with Crippen molar-refractivity contribution >= 4 is 11.6 Å². The first-order chi connectivity index (χ1) is 9.61. The summed E-state index contributed by atoms with van der Waals surface area (Å²) in [6.07, 6.45) is 5.18. The number of hydrogen-bond acceptors (Lipinski definition) is 3. The third kappa shape index (κ3) is 2.09. The monoisotopic (exact) mass is 271 g/mol. The van der Waals surface area contributed by atoms with Gasteiger partial charge in [0.05, 0.1) is 0 Å². The largest absolute Gasteiger partial charge is 0.336 e. The van der Waals surface area contributed by atoms with Crippen molar-refractivity contribution in [2.75, 3.05) is 6.54 Å². The van der Waals surface area contributed by atoms with Gasteiger partial charge in [-0.05, 0) is 38.3 Å². The standard InChI is InChI=1S/C15H17N3O2/c1-3-17(11-5-6-11)14(19)12-8-16-13-7-4-10(2)9-18(13)15(12)20/h4,7-9,11H,3,5-6H2,1-2H3. The molecule has 0 unspecified atom stereocenters. The van der Waals surface area contributed by atoms with Crippen molar-refractivity contribution in [1.82, 2.24) is 14.3 Å². The summed E-state index contributed by atoms with van der Waals surface area (Å²) in [5.74, 6) is -0.205. The van der Waals surface area contributed by atoms with Crippen LogP contribution in [-0.2, 0) is 0 Å². The normalized spacial score (nSPS) is 14.5. The van der Waals surface area contributed by atoms with Crippen LogP contribution in [0.25, 0.3) is 5.65 Å². The first kappa shape index (κ1) is 12.8. The molecule has 1 aliphatic rings. The van der Waals surface area contributed by atoms with Crippen LogP contribution in [0.2, 0.25) is 0 Å². The molecule has 1 saturated carbocycles. The fraction of sp³-hybridized carbons (Fsp3) is 0.400. The van der Waals surface area contributed by atoms with Crippen LogP contribution in [-0.4, -0.2) is 32.8 Å². The Morgan fingerprint density at radius 3 is 2.85 bits per heavy atom. The summed E-state index contributed by atoms with van der Waals surface area (Å²) >= 11 is 0. The van der Waals surface area contributed by atoms with Gasteiger partial charge in [-0.15, -0.1) is 0 Å². The van der Waals surface area contributed by atoms with Gasteiger partial charge in [-0.2, -0.15) is 0 Å². The molecule has 0 radical (unpaired) electrons. The predicted octanol–water partition coefficient (Wildman–Crippen LogP) is 1.63. The minimum atomic E-state index is -0.289. The van der Waals surface area contributed by atoms with E-state index in [1.807, 2.05) is 19.9 Å². The molecule has 0 bridgehead atoms. The fourth-order valence-electron chi connectivity index (χ4n) is 2.44. The van der Waals surface area contributed by atoms with Crippen molar-refractivity contribution in [2.45, 2.75) is 32.7 Å². The molecule has 2 aromatic heterocycles. The lowest BCUT2D eigenvalue weighted by molar-refractivity contribution is 0.0750. The van der Waals surface area contributed by atoms with Gasteiger partial charge in [-0.25, -0.2) is 4.98 Å². The average Bonchev–Trinajstić information content (AvgIpc) is 3.25. The van der Waals surface area contributed by atoms with E-state index in [1.165, 1.54) is 10.6 Å². The topological polar surface area (TPSA) is 54.7 Å². The van der Waals surface area contributed by atoms with Gasteiger partial charge < -0.3 is 4.90 Å². The van der Waals surface area contributed by atoms with Crippen LogP contribution < -0.4 is 5.56 Å². The van der Waals surface area contributed by atoms with Gasteiger partial charge in [0.2, 0.25) is 0 Å². The van der Waals surface area contributed by atoms with Crippen LogP contribution in [0.15, 0.2) is 29.3 Å². The third-order valence-corrected chi connectivity index (χ3v) is 3.67. The predicted molar refractivity (Wildman–Crippen MR) is 75.9 cm³/mol. The molecule has 2 aromatic rings. The SMILES string of the molecule is CCN(C(=O)c1cnc2ccc(C)cn2c1=O)C1CC1. The summed E-state index contributed by atoms with van der Waals surface area (Å²) in [5.41, 5.74) is 1.39. The number of fused-ring (bicyclic) bond motifs is 1. The molecule has 5 nitrogen and oxygen atoms in total. The molecule has 0 atom stereocenters. The van der Waals surface area contributed by atoms with Gasteiger partial charge in [-0.3, -0.25) is 14.0 Å². The lowest BCUT2D eigenvalue weighted by atomic mass is 10.2. The van der Waals surface area contributed by atoms with Crippen LogP contribution >= 0.6 is 0 Å². The molecule has 0 N–H and O–H groups in total. The second-order valence-corrected chi connectivity index (χ2v) is 5.23. The molecule has 5 heteroatoms. The number of rotatable bonds is 3. The van der Waals surface area contributed by atoms with E-state index in [4.69, 9.17) is 0 Å². The number of pyridine rings is 1. The van der Waals surface area contributed by atoms with Gasteiger partial charge in [0.15, 0.2) is 0 Å². The van der Waals surface area contributed by atoms with Crippen LogP contribution in [0.3, 0.4) is 0 Å². The maximum atomic E-state index is 12.5. The zero-order chi connectivity index (χ0) is 14.3. The molecule has 104 valence electrons. The van der Waals surface area contributed by atoms with E-state index in [0.29, 0.717) is 18.2 Å². The van der Waals surface area contributed by atoms with E-state index >= 15 is 0 Å². The molecule has 0 aliphatic heterocycles. The smallest absolute Gasteiger partial charge is 0.270 e. The van der Waals surface area contributed by atoms with E-state index in [1.54, 1.807) is 17.2 Å². The Balaban J connectivity index is 2.09. The summed E-state index contributed by atoms with van der Waals surface area (Å²) in [5, 5.41) is 0. The molecule has 0 spiro atoms. The molecule has 0 aromatic carbocycles. The number of amides is 1. The van der Waals surface area contributed by atoms with Gasteiger partial charge in [0, 0.05) is 25.0 Å². The molecule has 1 amide bonds. The van der Waals surface area contributed by atoms with E-state index in [2.05, 4.69) is 4.98 Å². The third-order valence-electron chi connectivity index (χ3n) is 3.67. The summed E-state index contributed by atoms with van der Waals surface area (Å²) in [4.78, 5) is 30.9. The second-order valence-electron chi connectivity index (χ2n) is 5.23. The molecule has 2 heterocycles. The van der Waals surface area contributed by atoms with Gasteiger partial charge in [-0.1, -0.05) is 6.07 Å². The number of nitrogens with zero attached hydrogens (tertiary/aromatic N) is 3. The highest BCUT2D eigenvalue weighted by molar-refractivity contribution is 5.94. The lowest BCUT2D eigenvalue weighted by Crippen LogP contribution is -2.37. The maximum absolute atomic E-state index is 12.5. The Bertz CT molecular complexity index is 731. The Kier molecular flexibility index (Phi) is 3.04. The highest BCUT2D eigenvalue weighted by Crippen LogP contribution is 2.27. The Labute approximate surface area is 116 Å². The number of aromatic nitrogens is 2. The zero-order valence-corrected chi connectivity index (χ0v) is 11.7. The minimum Gasteiger partial charge on any atom is -0.336 e. The molecular weight excluding hydrogens is 254 g/mol. The number of aryl methyl sites for hydroxylation is 1. The van der Waals surface area contributed by atoms with Gasteiger partial charge >= 0.3 is 0 Å². The number of carbonyl (C=O) groups excluding carboxylic acids is 1. The summed E-state index contributed by atoms with van der Waals surface area (Å²) in [6, 6.07) is 3.97. The van der Waals surface area contributed by atoms with Gasteiger partial charge in [0.1, 0.15) is 11.2 Å².